The number of alkyl halides is 1. The highest BCUT2D eigenvalue weighted by molar-refractivity contribution is 6.31. The van der Waals surface area contributed by atoms with E-state index in [0.717, 1.165) is 83.3 Å². The minimum Gasteiger partial charge on any atom is -0.478 e. The van der Waals surface area contributed by atoms with Crippen LogP contribution in [0.2, 0.25) is 15.1 Å². The molecule has 104 heavy (non-hydrogen) atoms. The van der Waals surface area contributed by atoms with Gasteiger partial charge in [-0.3, -0.25) is 43.9 Å². The van der Waals surface area contributed by atoms with Crippen molar-refractivity contribution in [3.63, 3.8) is 0 Å². The number of carboxylic acid groups (broad SMARTS) is 1. The monoisotopic (exact) mass is 1470 g/mol. The molecule has 9 heterocycles. The maximum absolute atomic E-state index is 12.8. The van der Waals surface area contributed by atoms with Gasteiger partial charge < -0.3 is 38.7 Å². The molecule has 0 saturated heterocycles. The number of nitrogens with one attached hydrogen (secondary N) is 2. The molecule has 0 atom stereocenters. The number of rotatable bonds is 14. The minimum absolute atomic E-state index is 0. The van der Waals surface area contributed by atoms with E-state index in [1.807, 2.05) is 65.8 Å². The Morgan fingerprint density at radius 2 is 0.788 bits per heavy atom. The van der Waals surface area contributed by atoms with Gasteiger partial charge in [0.15, 0.2) is 0 Å². The molecule has 12 aromatic rings. The fourth-order valence-electron chi connectivity index (χ4n) is 11.2. The summed E-state index contributed by atoms with van der Waals surface area (Å²) >= 11 is 18.1. The van der Waals surface area contributed by atoms with Crippen molar-refractivity contribution in [3.8, 4) is 18.2 Å². The fourth-order valence-corrected chi connectivity index (χ4v) is 11.7. The number of aromatic carboxylic acids is 1. The van der Waals surface area contributed by atoms with Gasteiger partial charge in [0.2, 0.25) is 0 Å². The second-order valence-corrected chi connectivity index (χ2v) is 24.5. The van der Waals surface area contributed by atoms with Crippen molar-refractivity contribution >= 4 is 115 Å². The van der Waals surface area contributed by atoms with Gasteiger partial charge in [-0.05, 0) is 201 Å². The van der Waals surface area contributed by atoms with Gasteiger partial charge in [-0.25, -0.2) is 19.7 Å². The minimum atomic E-state index is -1.00. The molecule has 0 bridgehead atoms. The van der Waals surface area contributed by atoms with Crippen molar-refractivity contribution in [2.24, 2.45) is 5.73 Å². The summed E-state index contributed by atoms with van der Waals surface area (Å²) in [6.45, 7) is 12.8. The maximum Gasteiger partial charge on any atom is 0.335 e. The Bertz CT molecular complexity index is 5060. The van der Waals surface area contributed by atoms with Crippen molar-refractivity contribution in [2.75, 3.05) is 24.4 Å². The summed E-state index contributed by atoms with van der Waals surface area (Å²) in [5.74, 6) is 0.0799. The number of benzene rings is 3. The Balaban J connectivity index is 0.000000227. The number of halogens is 5. The van der Waals surface area contributed by atoms with Crippen LogP contribution < -0.4 is 33.6 Å². The van der Waals surface area contributed by atoms with E-state index in [2.05, 4.69) is 73.7 Å². The molecule has 0 aliphatic heterocycles. The number of carboxylic acids is 1. The van der Waals surface area contributed by atoms with Crippen molar-refractivity contribution in [2.45, 2.75) is 87.9 Å². The normalized spacial score (nSPS) is 10.4. The van der Waals surface area contributed by atoms with Crippen LogP contribution in [-0.4, -0.2) is 74.9 Å². The molecule has 2 amide bonds. The highest BCUT2D eigenvalue weighted by Gasteiger charge is 2.17. The summed E-state index contributed by atoms with van der Waals surface area (Å²) in [6.07, 6.45) is 10.6. The van der Waals surface area contributed by atoms with E-state index in [0.29, 0.717) is 133 Å². The van der Waals surface area contributed by atoms with E-state index >= 15 is 0 Å². The van der Waals surface area contributed by atoms with Gasteiger partial charge in [0.25, 0.3) is 11.8 Å². The number of carbonyl (C=O) groups is 3. The number of carbonyl (C=O) groups excluding carboxylic acids is 2. The zero-order valence-electron chi connectivity index (χ0n) is 57.6. The van der Waals surface area contributed by atoms with Crippen LogP contribution in [0, 0.1) is 75.5 Å². The Labute approximate surface area is 623 Å². The van der Waals surface area contributed by atoms with Gasteiger partial charge in [-0.2, -0.15) is 15.8 Å². The van der Waals surface area contributed by atoms with Crippen molar-refractivity contribution in [3.05, 3.63) is 279 Å². The van der Waals surface area contributed by atoms with Gasteiger partial charge >= 0.3 is 5.97 Å². The van der Waals surface area contributed by atoms with Crippen LogP contribution in [0.5, 0.6) is 0 Å². The maximum atomic E-state index is 12.8. The zero-order valence-corrected chi connectivity index (χ0v) is 59.7. The summed E-state index contributed by atoms with van der Waals surface area (Å²) in [7, 11) is -1.00. The molecule has 3 aromatic carbocycles. The van der Waals surface area contributed by atoms with Crippen LogP contribution >= 0.6 is 47.2 Å². The smallest absolute Gasteiger partial charge is 0.335 e. The Hall–Kier alpha value is -11.9. The van der Waals surface area contributed by atoms with Crippen molar-refractivity contribution in [1.82, 2.24) is 55.5 Å². The number of aryl methyl sites for hydroxylation is 6. The number of hydrogen-bond donors (Lipinski definition) is 7. The molecule has 0 radical (unpaired) electrons. The number of hydrogen-bond acceptors (Lipinski definition) is 19. The van der Waals surface area contributed by atoms with Crippen LogP contribution in [0.1, 0.15) is 141 Å². The molecule has 0 spiro atoms. The van der Waals surface area contributed by atoms with Crippen LogP contribution in [0.25, 0.3) is 32.7 Å². The number of nitrogens with two attached hydrogens (primary N) is 4. The van der Waals surface area contributed by atoms with Gasteiger partial charge in [-0.1, -0.05) is 42.2 Å². The van der Waals surface area contributed by atoms with Gasteiger partial charge in [0, 0.05) is 138 Å². The first kappa shape index (κ1) is 79.4. The first-order valence-electron chi connectivity index (χ1n) is 31.8. The molecule has 9 aromatic heterocycles. The molecule has 11 N–H and O–H groups in total. The third-order valence-electron chi connectivity index (χ3n) is 15.9. The van der Waals surface area contributed by atoms with E-state index in [1.54, 1.807) is 85.2 Å². The Morgan fingerprint density at radius 1 is 0.490 bits per heavy atom. The number of nitrogen functional groups attached to an aromatic ring is 3. The molecule has 12 rings (SSSR count). The molecule has 0 aliphatic rings. The van der Waals surface area contributed by atoms with Crippen LogP contribution in [0.15, 0.2) is 146 Å². The number of fused-ring (bicyclic) bond motifs is 3. The number of nitriles is 3. The summed E-state index contributed by atoms with van der Waals surface area (Å²) in [6, 6.07) is 38.1. The molecule has 0 saturated carbocycles. The lowest BCUT2D eigenvalue weighted by molar-refractivity contribution is 0.0695. The van der Waals surface area contributed by atoms with Gasteiger partial charge in [0.1, 0.15) is 35.7 Å². The molecule has 0 fully saturated rings. The average Bonchev–Trinajstić information content (AvgIpc) is 0.807. The molecule has 0 aliphatic carbocycles. The van der Waals surface area contributed by atoms with Crippen LogP contribution in [0.4, 0.5) is 21.8 Å². The first-order valence-corrected chi connectivity index (χ1v) is 32.3. The number of nitrogens with zero attached hydrogens (tertiary/aromatic N) is 12. The van der Waals surface area contributed by atoms with Crippen LogP contribution in [0.3, 0.4) is 0 Å². The lowest BCUT2D eigenvalue weighted by Gasteiger charge is -2.12. The summed E-state index contributed by atoms with van der Waals surface area (Å²) in [4.78, 5) is 74.9. The Kier molecular flexibility index (Phi) is 28.8. The predicted molar refractivity (Wildman–Crippen MR) is 408 cm³/mol. The topological polar surface area (TPSA) is 387 Å². The zero-order chi connectivity index (χ0) is 74.6. The van der Waals surface area contributed by atoms with Crippen molar-refractivity contribution in [1.29, 1.82) is 15.8 Å². The molecular weight excluding hydrogens is 1400 g/mol. The van der Waals surface area contributed by atoms with E-state index in [9.17, 15) is 34.6 Å². The SMILES string of the molecule is C.Cc1cc(N)nc(C)c1CN.Cc1cc(N)nc(C)c1CNC(=O)c1ccnc(Cc2cc(C#N)c3ncc(Cl)cc3c2)c1.Cc1cc(N)nc(C)c1CNC(=O)c1ccnc(Cc2cc(C#N)c3ncc(Cl)cc3c2)c1.Cl.N#Cc1cc(Cc2cc(C(=O)O)ccn2)cc2cc(Cl)cnc12.[2H]CF. The molecule has 27 heteroatoms. The van der Waals surface area contributed by atoms with Gasteiger partial charge in [0.05, 0.1) is 62.4 Å². The predicted octanol–water partition coefficient (Wildman–Crippen LogP) is 14.4. The number of amides is 2. The standard InChI is InChI=1S/2C25H21ClN6O.C17H10ClN3O2.C8H13N3.CH3F.CH4.ClH/c2*1-14-5-23(28)32-15(2)22(14)13-31-25(33)17-3-4-29-21(10-17)8-16-6-18-9-20(26)12-30-24(18)19(7-16)11-27;18-14-6-12-3-10(4-13(8-19)16(12)21-9-14)5-15-7-11(17(22)23)1-2-20-15;1-5-3-8(10)11-6(2)7(5)4-9;1-2;;/h2*3-7,9-10,12H,8,13H2,1-2H3,(H2,28,32)(H,31,33);1-4,6-7,9H,5H2,(H,22,23);3H,4,9H2,1-2H3,(H2,10,11);1H3;1H4;1H/i;;;;1D;;. The van der Waals surface area contributed by atoms with E-state index < -0.39 is 13.1 Å². The third kappa shape index (κ3) is 21.3. The van der Waals surface area contributed by atoms with E-state index in [-0.39, 0.29) is 37.2 Å². The van der Waals surface area contributed by atoms with E-state index in [1.165, 1.54) is 36.9 Å². The quantitative estimate of drug-likeness (QED) is 0.0531. The number of pyridine rings is 9. The largest absolute Gasteiger partial charge is 0.478 e. The van der Waals surface area contributed by atoms with Crippen molar-refractivity contribution < 1.29 is 25.3 Å². The number of anilines is 3. The second-order valence-electron chi connectivity index (χ2n) is 23.2. The summed E-state index contributed by atoms with van der Waals surface area (Å²) in [5, 5.41) is 47.1. The summed E-state index contributed by atoms with van der Waals surface area (Å²) < 4.78 is 15.5. The highest BCUT2D eigenvalue weighted by Crippen LogP contribution is 2.28. The highest BCUT2D eigenvalue weighted by atomic mass is 35.5. The average molecular weight is 1480 g/mol. The molecule has 0 unspecified atom stereocenters. The second kappa shape index (κ2) is 37.7. The van der Waals surface area contributed by atoms with Crippen LogP contribution in [-0.2, 0) is 38.9 Å². The first-order chi connectivity index (χ1) is 49.3. The number of aromatic nitrogens is 9. The molecular formula is C77H73Cl4FN18O4. The van der Waals surface area contributed by atoms with Gasteiger partial charge in [-0.15, -0.1) is 12.4 Å². The summed E-state index contributed by atoms with van der Waals surface area (Å²) in [5.41, 5.74) is 40.2. The fraction of sp³-hybridized carbons (Fsp3) is 0.182. The van der Waals surface area contributed by atoms with E-state index in [4.69, 9.17) is 64.2 Å². The molecule has 22 nitrogen and oxygen atoms in total. The Morgan fingerprint density at radius 3 is 1.08 bits per heavy atom. The lowest BCUT2D eigenvalue weighted by atomic mass is 10.0. The molecule has 530 valence electrons. The third-order valence-corrected chi connectivity index (χ3v) is 16.6. The lowest BCUT2D eigenvalue weighted by Crippen LogP contribution is -2.24.